The Morgan fingerprint density at radius 1 is 0.966 bits per heavy atom. The van der Waals surface area contributed by atoms with E-state index in [0.717, 1.165) is 58.9 Å². The van der Waals surface area contributed by atoms with Crippen molar-refractivity contribution < 1.29 is 0 Å². The molecule has 1 saturated heterocycles. The van der Waals surface area contributed by atoms with E-state index in [1.165, 1.54) is 17.7 Å². The Bertz CT molecular complexity index is 1160. The molecule has 1 aliphatic heterocycles. The second kappa shape index (κ2) is 7.09. The molecule has 29 heavy (non-hydrogen) atoms. The van der Waals surface area contributed by atoms with E-state index in [4.69, 9.17) is 15.7 Å². The maximum absolute atomic E-state index is 6.03. The summed E-state index contributed by atoms with van der Waals surface area (Å²) in [5.74, 6) is 1.37. The standard InChI is InChI=1S/C20H22N8S/c1-26-8-10-28(11-9-26)20-25-14(13-6-4-3-5-7-13)16(27(20)2)19-24-15-17(21)22-12-23-18(15)29-19/h3-7,12H,8-11H2,1-2H3,(H2,21,22,23). The van der Waals surface area contributed by atoms with E-state index in [-0.39, 0.29) is 0 Å². The average molecular weight is 407 g/mol. The summed E-state index contributed by atoms with van der Waals surface area (Å²) in [4.78, 5) is 23.7. The van der Waals surface area contributed by atoms with Crippen molar-refractivity contribution in [3.8, 4) is 22.0 Å². The summed E-state index contributed by atoms with van der Waals surface area (Å²) < 4.78 is 2.15. The Kier molecular flexibility index (Phi) is 4.40. The largest absolute Gasteiger partial charge is 0.382 e. The zero-order valence-electron chi connectivity index (χ0n) is 16.4. The van der Waals surface area contributed by atoms with E-state index in [1.807, 2.05) is 18.2 Å². The molecule has 0 saturated carbocycles. The quantitative estimate of drug-likeness (QED) is 0.559. The molecule has 0 unspecified atom stereocenters. The minimum Gasteiger partial charge on any atom is -0.382 e. The van der Waals surface area contributed by atoms with Gasteiger partial charge in [-0.25, -0.2) is 19.9 Å². The van der Waals surface area contributed by atoms with Crippen LogP contribution in [0, 0.1) is 0 Å². The number of thiazole rings is 1. The van der Waals surface area contributed by atoms with E-state index in [1.54, 1.807) is 0 Å². The molecule has 4 heterocycles. The van der Waals surface area contributed by atoms with Crippen molar-refractivity contribution in [2.45, 2.75) is 0 Å². The number of hydrogen-bond acceptors (Lipinski definition) is 8. The number of piperazine rings is 1. The van der Waals surface area contributed by atoms with Crippen molar-refractivity contribution in [2.24, 2.45) is 7.05 Å². The molecule has 0 amide bonds. The van der Waals surface area contributed by atoms with Gasteiger partial charge in [-0.15, -0.1) is 0 Å². The first-order valence-electron chi connectivity index (χ1n) is 9.55. The van der Waals surface area contributed by atoms with Crippen LogP contribution in [-0.2, 0) is 7.05 Å². The molecule has 8 nitrogen and oxygen atoms in total. The van der Waals surface area contributed by atoms with Crippen LogP contribution in [0.1, 0.15) is 0 Å². The normalized spacial score (nSPS) is 15.3. The number of aromatic nitrogens is 5. The molecule has 0 radical (unpaired) electrons. The molecule has 3 aromatic heterocycles. The second-order valence-electron chi connectivity index (χ2n) is 7.26. The van der Waals surface area contributed by atoms with Crippen LogP contribution >= 0.6 is 11.3 Å². The second-order valence-corrected chi connectivity index (χ2v) is 8.23. The highest BCUT2D eigenvalue weighted by molar-refractivity contribution is 7.21. The van der Waals surface area contributed by atoms with E-state index < -0.39 is 0 Å². The number of fused-ring (bicyclic) bond motifs is 1. The number of nitrogens with two attached hydrogens (primary N) is 1. The van der Waals surface area contributed by atoms with Gasteiger partial charge in [0.05, 0.1) is 0 Å². The number of anilines is 2. The van der Waals surface area contributed by atoms with Gasteiger partial charge in [0.25, 0.3) is 0 Å². The van der Waals surface area contributed by atoms with Crippen molar-refractivity contribution in [3.63, 3.8) is 0 Å². The smallest absolute Gasteiger partial charge is 0.206 e. The van der Waals surface area contributed by atoms with Crippen molar-refractivity contribution in [2.75, 3.05) is 43.9 Å². The number of likely N-dealkylation sites (N-methyl/N-ethyl adjacent to an activating group) is 1. The molecule has 1 fully saturated rings. The zero-order valence-corrected chi connectivity index (χ0v) is 17.2. The summed E-state index contributed by atoms with van der Waals surface area (Å²) in [6, 6.07) is 10.2. The monoisotopic (exact) mass is 406 g/mol. The first kappa shape index (κ1) is 18.0. The third-order valence-corrected chi connectivity index (χ3v) is 6.30. The summed E-state index contributed by atoms with van der Waals surface area (Å²) in [5.41, 5.74) is 9.64. The summed E-state index contributed by atoms with van der Waals surface area (Å²) in [6.45, 7) is 3.95. The first-order chi connectivity index (χ1) is 14.1. The molecular formula is C20H22N8S. The van der Waals surface area contributed by atoms with Gasteiger partial charge in [-0.2, -0.15) is 0 Å². The Balaban J connectivity index is 1.69. The van der Waals surface area contributed by atoms with E-state index >= 15 is 0 Å². The predicted molar refractivity (Wildman–Crippen MR) is 117 cm³/mol. The molecule has 1 aliphatic rings. The van der Waals surface area contributed by atoms with Gasteiger partial charge in [0.15, 0.2) is 5.82 Å². The number of hydrogen-bond donors (Lipinski definition) is 1. The van der Waals surface area contributed by atoms with Crippen LogP contribution < -0.4 is 10.6 Å². The van der Waals surface area contributed by atoms with Gasteiger partial charge in [-0.3, -0.25) is 0 Å². The molecule has 0 spiro atoms. The summed E-state index contributed by atoms with van der Waals surface area (Å²) in [6.07, 6.45) is 1.48. The number of imidazole rings is 1. The number of nitrogens with zero attached hydrogens (tertiary/aromatic N) is 7. The van der Waals surface area contributed by atoms with Crippen LogP contribution in [0.4, 0.5) is 11.8 Å². The van der Waals surface area contributed by atoms with E-state index in [2.05, 4.69) is 50.6 Å². The molecule has 9 heteroatoms. The lowest BCUT2D eigenvalue weighted by atomic mass is 10.1. The zero-order chi connectivity index (χ0) is 20.0. The van der Waals surface area contributed by atoms with Crippen molar-refractivity contribution in [3.05, 3.63) is 36.7 Å². The fourth-order valence-electron chi connectivity index (χ4n) is 3.69. The van der Waals surface area contributed by atoms with Gasteiger partial charge >= 0.3 is 0 Å². The first-order valence-corrected chi connectivity index (χ1v) is 10.4. The fourth-order valence-corrected chi connectivity index (χ4v) is 4.69. The molecule has 148 valence electrons. The summed E-state index contributed by atoms with van der Waals surface area (Å²) >= 11 is 1.52. The van der Waals surface area contributed by atoms with Crippen LogP contribution in [0.5, 0.6) is 0 Å². The highest BCUT2D eigenvalue weighted by Crippen LogP contribution is 2.38. The fraction of sp³-hybridized carbons (Fsp3) is 0.300. The minimum absolute atomic E-state index is 0.403. The predicted octanol–water partition coefficient (Wildman–Crippen LogP) is 2.49. The molecule has 2 N–H and O–H groups in total. The minimum atomic E-state index is 0.403. The van der Waals surface area contributed by atoms with Gasteiger partial charge < -0.3 is 20.1 Å². The van der Waals surface area contributed by atoms with Gasteiger partial charge in [0.1, 0.15) is 33.1 Å². The Morgan fingerprint density at radius 3 is 2.45 bits per heavy atom. The summed E-state index contributed by atoms with van der Waals surface area (Å²) in [7, 11) is 4.21. The molecule has 1 aromatic carbocycles. The van der Waals surface area contributed by atoms with Crippen LogP contribution in [0.25, 0.3) is 32.3 Å². The van der Waals surface area contributed by atoms with Crippen molar-refractivity contribution in [1.82, 2.24) is 29.4 Å². The Hall–Kier alpha value is -3.04. The Labute approximate surface area is 172 Å². The molecule has 0 bridgehead atoms. The van der Waals surface area contributed by atoms with Crippen molar-refractivity contribution >= 4 is 33.5 Å². The van der Waals surface area contributed by atoms with E-state index in [9.17, 15) is 0 Å². The van der Waals surface area contributed by atoms with Crippen LogP contribution in [0.3, 0.4) is 0 Å². The van der Waals surface area contributed by atoms with Gasteiger partial charge in [0.2, 0.25) is 5.95 Å². The maximum Gasteiger partial charge on any atom is 0.206 e. The van der Waals surface area contributed by atoms with Gasteiger partial charge in [-0.05, 0) is 7.05 Å². The molecule has 4 aromatic rings. The highest BCUT2D eigenvalue weighted by atomic mass is 32.1. The summed E-state index contributed by atoms with van der Waals surface area (Å²) in [5, 5.41) is 0.849. The average Bonchev–Trinajstić information content (AvgIpc) is 3.31. The third kappa shape index (κ3) is 3.12. The lowest BCUT2D eigenvalue weighted by Crippen LogP contribution is -2.45. The SMILES string of the molecule is CN1CCN(c2nc(-c3ccccc3)c(-c3nc4c(N)ncnc4s3)n2C)CC1. The maximum atomic E-state index is 6.03. The number of nitrogen functional groups attached to an aromatic ring is 1. The Morgan fingerprint density at radius 2 is 1.72 bits per heavy atom. The van der Waals surface area contributed by atoms with Crippen LogP contribution in [0.2, 0.25) is 0 Å². The van der Waals surface area contributed by atoms with Crippen LogP contribution in [-0.4, -0.2) is 62.6 Å². The van der Waals surface area contributed by atoms with Gasteiger partial charge in [0, 0.05) is 38.8 Å². The lowest BCUT2D eigenvalue weighted by molar-refractivity contribution is 0.310. The topological polar surface area (TPSA) is 89.0 Å². The highest BCUT2D eigenvalue weighted by Gasteiger charge is 2.26. The van der Waals surface area contributed by atoms with Crippen molar-refractivity contribution in [1.29, 1.82) is 0 Å². The molecular weight excluding hydrogens is 384 g/mol. The van der Waals surface area contributed by atoms with Crippen LogP contribution in [0.15, 0.2) is 36.7 Å². The molecule has 0 aliphatic carbocycles. The molecule has 5 rings (SSSR count). The van der Waals surface area contributed by atoms with E-state index in [0.29, 0.717) is 11.3 Å². The van der Waals surface area contributed by atoms with Gasteiger partial charge in [-0.1, -0.05) is 41.7 Å². The molecule has 0 atom stereocenters. The number of rotatable bonds is 3. The number of benzene rings is 1. The third-order valence-electron chi connectivity index (χ3n) is 5.33. The lowest BCUT2D eigenvalue weighted by Gasteiger charge is -2.33.